The van der Waals surface area contributed by atoms with Crippen LogP contribution in [-0.4, -0.2) is 24.8 Å². The second-order valence-corrected chi connectivity index (χ2v) is 5.88. The maximum atomic E-state index is 6.08. The summed E-state index contributed by atoms with van der Waals surface area (Å²) in [5, 5.41) is 3.56. The lowest BCUT2D eigenvalue weighted by Crippen LogP contribution is -2.47. The smallest absolute Gasteiger partial charge is 0.0806 e. The average Bonchev–Trinajstić information content (AvgIpc) is 2.30. The lowest BCUT2D eigenvalue weighted by Gasteiger charge is -2.40. The number of hydrogen-bond donors (Lipinski definition) is 1. The largest absolute Gasteiger partial charge is 0.374 e. The Labute approximate surface area is 108 Å². The summed E-state index contributed by atoms with van der Waals surface area (Å²) in [7, 11) is 0. The van der Waals surface area contributed by atoms with Crippen LogP contribution in [0.1, 0.15) is 66.2 Å². The van der Waals surface area contributed by atoms with Crippen LogP contribution in [-0.2, 0) is 4.74 Å². The summed E-state index contributed by atoms with van der Waals surface area (Å²) in [6.45, 7) is 10.7. The van der Waals surface area contributed by atoms with Crippen LogP contribution in [0, 0.1) is 5.92 Å². The van der Waals surface area contributed by atoms with E-state index in [1.54, 1.807) is 0 Å². The van der Waals surface area contributed by atoms with Crippen LogP contribution >= 0.6 is 0 Å². The molecular formula is C15H31NO. The van der Waals surface area contributed by atoms with E-state index in [-0.39, 0.29) is 5.60 Å². The monoisotopic (exact) mass is 241 g/mol. The molecule has 0 unspecified atom stereocenters. The molecule has 1 fully saturated rings. The van der Waals surface area contributed by atoms with Gasteiger partial charge in [-0.3, -0.25) is 0 Å². The number of hydrogen-bond acceptors (Lipinski definition) is 2. The fourth-order valence-electron chi connectivity index (χ4n) is 2.97. The van der Waals surface area contributed by atoms with Crippen molar-refractivity contribution in [3.05, 3.63) is 0 Å². The zero-order valence-electron chi connectivity index (χ0n) is 12.2. The maximum Gasteiger partial charge on any atom is 0.0806 e. The molecule has 0 bridgehead atoms. The summed E-state index contributed by atoms with van der Waals surface area (Å²) < 4.78 is 6.08. The van der Waals surface area contributed by atoms with E-state index in [0.29, 0.717) is 6.04 Å². The molecule has 102 valence electrons. The average molecular weight is 241 g/mol. The van der Waals surface area contributed by atoms with Gasteiger partial charge in [0.05, 0.1) is 5.60 Å². The molecule has 1 saturated carbocycles. The first kappa shape index (κ1) is 15.0. The van der Waals surface area contributed by atoms with Gasteiger partial charge in [0.1, 0.15) is 0 Å². The Morgan fingerprint density at radius 3 is 2.35 bits per heavy atom. The van der Waals surface area contributed by atoms with Crippen LogP contribution in [0.3, 0.4) is 0 Å². The van der Waals surface area contributed by atoms with Crippen LogP contribution in [0.15, 0.2) is 0 Å². The molecular weight excluding hydrogens is 210 g/mol. The molecule has 2 nitrogen and oxygen atoms in total. The van der Waals surface area contributed by atoms with Crippen LogP contribution in [0.25, 0.3) is 0 Å². The van der Waals surface area contributed by atoms with Gasteiger partial charge in [-0.25, -0.2) is 0 Å². The summed E-state index contributed by atoms with van der Waals surface area (Å²) in [5.41, 5.74) is 0.128. The topological polar surface area (TPSA) is 21.3 Å². The number of rotatable bonds is 7. The molecule has 0 amide bonds. The van der Waals surface area contributed by atoms with Crippen LogP contribution < -0.4 is 5.32 Å². The van der Waals surface area contributed by atoms with E-state index in [0.717, 1.165) is 19.1 Å². The molecule has 0 radical (unpaired) electrons. The maximum absolute atomic E-state index is 6.08. The lowest BCUT2D eigenvalue weighted by molar-refractivity contribution is -0.0725. The lowest BCUT2D eigenvalue weighted by atomic mass is 9.77. The van der Waals surface area contributed by atoms with E-state index in [2.05, 4.69) is 33.0 Å². The minimum absolute atomic E-state index is 0.128. The third-order valence-electron chi connectivity index (χ3n) is 4.00. The van der Waals surface area contributed by atoms with Crippen molar-refractivity contribution < 1.29 is 4.74 Å². The fourth-order valence-corrected chi connectivity index (χ4v) is 2.97. The van der Waals surface area contributed by atoms with Gasteiger partial charge in [-0.2, -0.15) is 0 Å². The molecule has 0 aromatic heterocycles. The van der Waals surface area contributed by atoms with Gasteiger partial charge < -0.3 is 10.1 Å². The molecule has 0 aromatic rings. The molecule has 1 rings (SSSR count). The molecule has 0 heterocycles. The van der Waals surface area contributed by atoms with Crippen molar-refractivity contribution in [1.82, 2.24) is 5.32 Å². The second kappa shape index (κ2) is 7.38. The van der Waals surface area contributed by atoms with E-state index in [9.17, 15) is 0 Å². The Morgan fingerprint density at radius 1 is 1.24 bits per heavy atom. The second-order valence-electron chi connectivity index (χ2n) is 5.88. The summed E-state index contributed by atoms with van der Waals surface area (Å²) >= 11 is 0. The Bertz CT molecular complexity index is 195. The van der Waals surface area contributed by atoms with Crippen LogP contribution in [0.4, 0.5) is 0 Å². The van der Waals surface area contributed by atoms with E-state index < -0.39 is 0 Å². The first-order valence-corrected chi connectivity index (χ1v) is 7.49. The molecule has 17 heavy (non-hydrogen) atoms. The minimum Gasteiger partial charge on any atom is -0.374 e. The van der Waals surface area contributed by atoms with Crippen LogP contribution in [0.2, 0.25) is 0 Å². The van der Waals surface area contributed by atoms with Crippen molar-refractivity contribution in [3.63, 3.8) is 0 Å². The molecule has 0 atom stereocenters. The van der Waals surface area contributed by atoms with E-state index in [4.69, 9.17) is 4.74 Å². The van der Waals surface area contributed by atoms with E-state index >= 15 is 0 Å². The molecule has 0 saturated heterocycles. The first-order valence-electron chi connectivity index (χ1n) is 7.49. The van der Waals surface area contributed by atoms with Crippen molar-refractivity contribution in [1.29, 1.82) is 0 Å². The van der Waals surface area contributed by atoms with Gasteiger partial charge in [0.15, 0.2) is 0 Å². The Hall–Kier alpha value is -0.0800. The van der Waals surface area contributed by atoms with Gasteiger partial charge in [-0.1, -0.05) is 33.6 Å². The highest BCUT2D eigenvalue weighted by atomic mass is 16.5. The van der Waals surface area contributed by atoms with Gasteiger partial charge in [0.2, 0.25) is 0 Å². The summed E-state index contributed by atoms with van der Waals surface area (Å²) in [5.74, 6) is 0.952. The molecule has 0 aromatic carbocycles. The number of nitrogens with one attached hydrogen (secondary N) is 1. The molecule has 1 aliphatic carbocycles. The van der Waals surface area contributed by atoms with Crippen molar-refractivity contribution in [3.8, 4) is 0 Å². The molecule has 1 N–H and O–H groups in total. The third kappa shape index (κ3) is 4.97. The summed E-state index contributed by atoms with van der Waals surface area (Å²) in [6, 6.07) is 0.556. The van der Waals surface area contributed by atoms with Crippen LogP contribution in [0.5, 0.6) is 0 Å². The normalized spacial score (nSPS) is 29.8. The predicted molar refractivity (Wildman–Crippen MR) is 74.4 cm³/mol. The summed E-state index contributed by atoms with van der Waals surface area (Å²) in [4.78, 5) is 0. The molecule has 0 aliphatic heterocycles. The molecule has 1 aliphatic rings. The zero-order chi connectivity index (χ0) is 12.7. The standard InChI is InChI=1S/C15H31NO/c1-5-7-14-8-10-15(11-9-14,17-6-2)12-16-13(3)4/h13-14,16H,5-12H2,1-4H3. The first-order chi connectivity index (χ1) is 8.12. The van der Waals surface area contributed by atoms with Crippen molar-refractivity contribution in [2.75, 3.05) is 13.2 Å². The van der Waals surface area contributed by atoms with Gasteiger partial charge in [0, 0.05) is 19.2 Å². The highest BCUT2D eigenvalue weighted by Crippen LogP contribution is 2.36. The van der Waals surface area contributed by atoms with E-state index in [1.807, 2.05) is 0 Å². The van der Waals surface area contributed by atoms with E-state index in [1.165, 1.54) is 38.5 Å². The molecule has 2 heteroatoms. The van der Waals surface area contributed by atoms with Crippen molar-refractivity contribution >= 4 is 0 Å². The highest BCUT2D eigenvalue weighted by molar-refractivity contribution is 4.89. The SMILES string of the molecule is CCCC1CCC(CNC(C)C)(OCC)CC1. The third-order valence-corrected chi connectivity index (χ3v) is 4.00. The Morgan fingerprint density at radius 2 is 1.88 bits per heavy atom. The zero-order valence-corrected chi connectivity index (χ0v) is 12.2. The molecule has 0 spiro atoms. The van der Waals surface area contributed by atoms with Crippen molar-refractivity contribution in [2.45, 2.75) is 77.9 Å². The summed E-state index contributed by atoms with van der Waals surface area (Å²) in [6.07, 6.45) is 7.92. The predicted octanol–water partition coefficient (Wildman–Crippen LogP) is 3.75. The van der Waals surface area contributed by atoms with Gasteiger partial charge in [-0.15, -0.1) is 0 Å². The fraction of sp³-hybridized carbons (Fsp3) is 1.00. The number of ether oxygens (including phenoxy) is 1. The minimum atomic E-state index is 0.128. The Balaban J connectivity index is 2.44. The van der Waals surface area contributed by atoms with Gasteiger partial charge in [-0.05, 0) is 38.5 Å². The Kier molecular flexibility index (Phi) is 6.50. The highest BCUT2D eigenvalue weighted by Gasteiger charge is 2.35. The van der Waals surface area contributed by atoms with Gasteiger partial charge >= 0.3 is 0 Å². The quantitative estimate of drug-likeness (QED) is 0.733. The van der Waals surface area contributed by atoms with Gasteiger partial charge in [0.25, 0.3) is 0 Å². The van der Waals surface area contributed by atoms with Crippen molar-refractivity contribution in [2.24, 2.45) is 5.92 Å².